The van der Waals surface area contributed by atoms with E-state index in [9.17, 15) is 0 Å². The highest BCUT2D eigenvalue weighted by atomic mass is 35.5. The predicted molar refractivity (Wildman–Crippen MR) is 78.6 cm³/mol. The molecule has 1 aromatic heterocycles. The number of nitrogens with zero attached hydrogens (tertiary/aromatic N) is 4. The lowest BCUT2D eigenvalue weighted by molar-refractivity contribution is 0.244. The molecule has 1 heterocycles. The number of hydrogen-bond acceptors (Lipinski definition) is 6. The van der Waals surface area contributed by atoms with Crippen LogP contribution in [0.25, 0.3) is 5.57 Å². The Bertz CT molecular complexity index is 674. The maximum absolute atomic E-state index is 9.11. The quantitative estimate of drug-likeness (QED) is 0.824. The van der Waals surface area contributed by atoms with Crippen molar-refractivity contribution in [1.82, 2.24) is 20.6 Å². The van der Waals surface area contributed by atoms with Gasteiger partial charge >= 0.3 is 0 Å². The number of rotatable bonds is 5. The number of H-pyrrole nitrogens is 1. The Balaban J connectivity index is 2.27. The van der Waals surface area contributed by atoms with Crippen molar-refractivity contribution < 1.29 is 4.74 Å². The van der Waals surface area contributed by atoms with E-state index < -0.39 is 0 Å². The van der Waals surface area contributed by atoms with Gasteiger partial charge in [-0.3, -0.25) is 0 Å². The highest BCUT2D eigenvalue weighted by Crippen LogP contribution is 2.33. The van der Waals surface area contributed by atoms with E-state index >= 15 is 0 Å². The molecule has 8 heteroatoms. The van der Waals surface area contributed by atoms with Gasteiger partial charge in [0.05, 0.1) is 16.8 Å². The van der Waals surface area contributed by atoms with Gasteiger partial charge in [-0.15, -0.1) is 10.2 Å². The maximum atomic E-state index is 9.11. The van der Waals surface area contributed by atoms with Crippen LogP contribution in [0.2, 0.25) is 5.02 Å². The number of anilines is 1. The first kappa shape index (κ1) is 14.8. The van der Waals surface area contributed by atoms with Crippen molar-refractivity contribution in [3.8, 4) is 11.8 Å². The Labute approximate surface area is 126 Å². The van der Waals surface area contributed by atoms with Crippen LogP contribution in [0.3, 0.4) is 0 Å². The van der Waals surface area contributed by atoms with E-state index in [1.165, 1.54) is 6.20 Å². The van der Waals surface area contributed by atoms with Crippen LogP contribution in [0.4, 0.5) is 5.69 Å². The van der Waals surface area contributed by atoms with E-state index in [4.69, 9.17) is 21.6 Å². The molecule has 0 bridgehead atoms. The highest BCUT2D eigenvalue weighted by Gasteiger charge is 2.11. The Kier molecular flexibility index (Phi) is 4.74. The lowest BCUT2D eigenvalue weighted by Gasteiger charge is -2.15. The number of benzene rings is 1. The molecule has 0 atom stereocenters. The van der Waals surface area contributed by atoms with Gasteiger partial charge in [0.15, 0.2) is 5.75 Å². The first-order chi connectivity index (χ1) is 10.1. The number of allylic oxidation sites excluding steroid dienone is 1. The topological polar surface area (TPSA) is 99.5 Å². The van der Waals surface area contributed by atoms with Crippen LogP contribution in [0.1, 0.15) is 19.7 Å². The van der Waals surface area contributed by atoms with Crippen LogP contribution >= 0.6 is 11.6 Å². The van der Waals surface area contributed by atoms with Crippen molar-refractivity contribution in [2.24, 2.45) is 0 Å². The summed E-state index contributed by atoms with van der Waals surface area (Å²) in [6.07, 6.45) is 1.45. The fourth-order valence-corrected chi connectivity index (χ4v) is 1.77. The summed E-state index contributed by atoms with van der Waals surface area (Å²) in [6.45, 7) is 3.81. The number of aromatic nitrogens is 4. The molecule has 2 N–H and O–H groups in total. The summed E-state index contributed by atoms with van der Waals surface area (Å²) in [7, 11) is 0. The third kappa shape index (κ3) is 3.70. The average Bonchev–Trinajstić information content (AvgIpc) is 2.96. The Hall–Kier alpha value is -2.59. The second-order valence-electron chi connectivity index (χ2n) is 4.33. The lowest BCUT2D eigenvalue weighted by Crippen LogP contribution is -2.08. The number of nitrogens with one attached hydrogen (secondary N) is 2. The summed E-state index contributed by atoms with van der Waals surface area (Å²) in [5.41, 5.74) is 0.881. The molecule has 0 fully saturated rings. The summed E-state index contributed by atoms with van der Waals surface area (Å²) in [5, 5.41) is 25.8. The average molecular weight is 305 g/mol. The van der Waals surface area contributed by atoms with E-state index in [2.05, 4.69) is 25.9 Å². The van der Waals surface area contributed by atoms with Crippen molar-refractivity contribution in [1.29, 1.82) is 5.26 Å². The van der Waals surface area contributed by atoms with Crippen LogP contribution in [0.15, 0.2) is 24.4 Å². The van der Waals surface area contributed by atoms with Crippen molar-refractivity contribution >= 4 is 22.9 Å². The summed E-state index contributed by atoms with van der Waals surface area (Å²) in [4.78, 5) is 0. The molecule has 0 saturated heterocycles. The lowest BCUT2D eigenvalue weighted by atomic mass is 10.2. The minimum Gasteiger partial charge on any atom is -0.487 e. The second kappa shape index (κ2) is 6.72. The molecule has 0 aliphatic carbocycles. The number of tetrazole rings is 1. The molecule has 1 aromatic carbocycles. The standard InChI is InChI=1S/C13H13ClN6O/c1-8(2)21-12-10(14)4-3-5-11(12)16-7-9(6-15)13-17-19-20-18-13/h3-5,7-8,16H,1-2H3,(H,17,18,19,20). The minimum absolute atomic E-state index is 0.0259. The molecular weight excluding hydrogens is 292 g/mol. The molecule has 0 saturated carbocycles. The number of halogens is 1. The van der Waals surface area contributed by atoms with Gasteiger partial charge in [0.25, 0.3) is 0 Å². The van der Waals surface area contributed by atoms with Crippen LogP contribution in [0.5, 0.6) is 5.75 Å². The fraction of sp³-hybridized carbons (Fsp3) is 0.231. The minimum atomic E-state index is -0.0259. The molecule has 0 amide bonds. The summed E-state index contributed by atoms with van der Waals surface area (Å²) in [6, 6.07) is 7.30. The molecule has 0 radical (unpaired) electrons. The normalized spacial score (nSPS) is 11.3. The number of hydrogen-bond donors (Lipinski definition) is 2. The summed E-state index contributed by atoms with van der Waals surface area (Å²) < 4.78 is 5.68. The van der Waals surface area contributed by atoms with Crippen LogP contribution in [0, 0.1) is 11.3 Å². The van der Waals surface area contributed by atoms with Crippen molar-refractivity contribution in [3.05, 3.63) is 35.2 Å². The van der Waals surface area contributed by atoms with Crippen LogP contribution in [-0.4, -0.2) is 26.7 Å². The molecular formula is C13H13ClN6O. The SMILES string of the molecule is CC(C)Oc1c(Cl)cccc1NC=C(C#N)c1nn[nH]n1. The molecule has 7 nitrogen and oxygen atoms in total. The maximum Gasteiger partial charge on any atom is 0.216 e. The van der Waals surface area contributed by atoms with E-state index in [0.717, 1.165) is 0 Å². The van der Waals surface area contributed by atoms with Gasteiger partial charge in [-0.1, -0.05) is 17.7 Å². The molecule has 0 aliphatic rings. The van der Waals surface area contributed by atoms with Crippen molar-refractivity contribution in [2.45, 2.75) is 20.0 Å². The zero-order chi connectivity index (χ0) is 15.2. The largest absolute Gasteiger partial charge is 0.487 e. The smallest absolute Gasteiger partial charge is 0.216 e. The third-order valence-electron chi connectivity index (χ3n) is 2.40. The zero-order valence-electron chi connectivity index (χ0n) is 11.5. The number of ether oxygens (including phenoxy) is 1. The molecule has 0 spiro atoms. The Morgan fingerprint density at radius 1 is 1.52 bits per heavy atom. The molecule has 2 aromatic rings. The fourth-order valence-electron chi connectivity index (χ4n) is 1.55. The number of aromatic amines is 1. The van der Waals surface area contributed by atoms with Crippen LogP contribution in [-0.2, 0) is 0 Å². The molecule has 0 unspecified atom stereocenters. The van der Waals surface area contributed by atoms with Gasteiger partial charge in [0, 0.05) is 6.20 Å². The molecule has 21 heavy (non-hydrogen) atoms. The number of para-hydroxylation sites is 1. The predicted octanol–water partition coefficient (Wildman–Crippen LogP) is 2.62. The van der Waals surface area contributed by atoms with E-state index in [0.29, 0.717) is 16.5 Å². The van der Waals surface area contributed by atoms with Gasteiger partial charge in [-0.25, -0.2) is 0 Å². The van der Waals surface area contributed by atoms with Gasteiger partial charge in [-0.2, -0.15) is 10.5 Å². The third-order valence-corrected chi connectivity index (χ3v) is 2.70. The van der Waals surface area contributed by atoms with Gasteiger partial charge in [0.1, 0.15) is 11.6 Å². The van der Waals surface area contributed by atoms with E-state index in [-0.39, 0.29) is 17.5 Å². The molecule has 2 rings (SSSR count). The van der Waals surface area contributed by atoms with E-state index in [1.54, 1.807) is 18.2 Å². The van der Waals surface area contributed by atoms with Gasteiger partial charge in [0.2, 0.25) is 5.82 Å². The van der Waals surface area contributed by atoms with Crippen molar-refractivity contribution in [2.75, 3.05) is 5.32 Å². The summed E-state index contributed by atoms with van der Waals surface area (Å²) >= 11 is 6.13. The first-order valence-corrected chi connectivity index (χ1v) is 6.55. The van der Waals surface area contributed by atoms with Crippen LogP contribution < -0.4 is 10.1 Å². The highest BCUT2D eigenvalue weighted by molar-refractivity contribution is 6.32. The van der Waals surface area contributed by atoms with Gasteiger partial charge in [-0.05, 0) is 31.2 Å². The first-order valence-electron chi connectivity index (χ1n) is 6.17. The van der Waals surface area contributed by atoms with Gasteiger partial charge < -0.3 is 10.1 Å². The second-order valence-corrected chi connectivity index (χ2v) is 4.74. The molecule has 108 valence electrons. The van der Waals surface area contributed by atoms with Crippen molar-refractivity contribution in [3.63, 3.8) is 0 Å². The zero-order valence-corrected chi connectivity index (χ0v) is 12.2. The molecule has 0 aliphatic heterocycles. The van der Waals surface area contributed by atoms with E-state index in [1.807, 2.05) is 19.9 Å². The summed E-state index contributed by atoms with van der Waals surface area (Å²) in [5.74, 6) is 0.731. The Morgan fingerprint density at radius 3 is 2.95 bits per heavy atom. The number of nitriles is 1. The Morgan fingerprint density at radius 2 is 2.33 bits per heavy atom. The monoisotopic (exact) mass is 304 g/mol.